The second-order valence-corrected chi connectivity index (χ2v) is 9.23. The molecule has 0 radical (unpaired) electrons. The molecule has 0 aliphatic carbocycles. The number of nitrogens with zero attached hydrogens (tertiary/aromatic N) is 2. The Morgan fingerprint density at radius 2 is 1.65 bits per heavy atom. The standard InChI is InChI=1S/C25H32Cl2N4O3/c26-21-9-8-10-22(24(21)27)28-25(33)31(18-7-2-1-4-11-23(32)29-34)20-14-12-19(13-15-20)30-16-5-3-6-17-30/h8-10,12-15,34H,1-7,11,16-18H2,(H,28,33)(H,29,32). The summed E-state index contributed by atoms with van der Waals surface area (Å²) in [4.78, 5) is 28.5. The fraction of sp³-hybridized carbons (Fsp3) is 0.440. The van der Waals surface area contributed by atoms with E-state index in [-0.39, 0.29) is 18.4 Å². The molecule has 3 amide bonds. The molecule has 0 bridgehead atoms. The number of hydrogen-bond acceptors (Lipinski definition) is 4. The van der Waals surface area contributed by atoms with Crippen LogP contribution < -0.4 is 20.6 Å². The quantitative estimate of drug-likeness (QED) is 0.195. The number of anilines is 3. The fourth-order valence-electron chi connectivity index (χ4n) is 4.09. The lowest BCUT2D eigenvalue weighted by molar-refractivity contribution is -0.129. The summed E-state index contributed by atoms with van der Waals surface area (Å²) in [5.74, 6) is -0.381. The predicted molar refractivity (Wildman–Crippen MR) is 138 cm³/mol. The van der Waals surface area contributed by atoms with Crippen LogP contribution in [0.25, 0.3) is 0 Å². The Morgan fingerprint density at radius 3 is 2.35 bits per heavy atom. The molecular formula is C25H32Cl2N4O3. The van der Waals surface area contributed by atoms with Gasteiger partial charge in [-0.1, -0.05) is 42.1 Å². The molecule has 1 fully saturated rings. The van der Waals surface area contributed by atoms with E-state index in [1.807, 2.05) is 12.1 Å². The Morgan fingerprint density at radius 1 is 0.941 bits per heavy atom. The van der Waals surface area contributed by atoms with Gasteiger partial charge >= 0.3 is 6.03 Å². The highest BCUT2D eigenvalue weighted by Crippen LogP contribution is 2.30. The van der Waals surface area contributed by atoms with Gasteiger partial charge in [0, 0.05) is 37.4 Å². The highest BCUT2D eigenvalue weighted by molar-refractivity contribution is 6.44. The molecule has 3 N–H and O–H groups in total. The predicted octanol–water partition coefficient (Wildman–Crippen LogP) is 6.48. The van der Waals surface area contributed by atoms with Gasteiger partial charge in [0.25, 0.3) is 0 Å². The van der Waals surface area contributed by atoms with Gasteiger partial charge in [-0.05, 0) is 68.5 Å². The number of carbonyl (C=O) groups excluding carboxylic acids is 2. The normalized spacial score (nSPS) is 13.4. The largest absolute Gasteiger partial charge is 0.372 e. The van der Waals surface area contributed by atoms with Crippen molar-refractivity contribution in [1.82, 2.24) is 5.48 Å². The van der Waals surface area contributed by atoms with Gasteiger partial charge in [-0.2, -0.15) is 0 Å². The van der Waals surface area contributed by atoms with Crippen LogP contribution in [0.2, 0.25) is 10.0 Å². The maximum absolute atomic E-state index is 13.2. The molecule has 0 atom stereocenters. The first-order valence-corrected chi connectivity index (χ1v) is 12.6. The maximum Gasteiger partial charge on any atom is 0.326 e. The van der Waals surface area contributed by atoms with Crippen molar-refractivity contribution in [2.45, 2.75) is 51.4 Å². The molecule has 0 saturated carbocycles. The summed E-state index contributed by atoms with van der Waals surface area (Å²) < 4.78 is 0. The van der Waals surface area contributed by atoms with Crippen molar-refractivity contribution < 1.29 is 14.8 Å². The average molecular weight is 507 g/mol. The summed E-state index contributed by atoms with van der Waals surface area (Å²) in [5, 5.41) is 12.2. The van der Waals surface area contributed by atoms with Gasteiger partial charge in [0.2, 0.25) is 5.91 Å². The van der Waals surface area contributed by atoms with E-state index in [9.17, 15) is 9.59 Å². The summed E-state index contributed by atoms with van der Waals surface area (Å²) in [6.07, 6.45) is 7.11. The van der Waals surface area contributed by atoms with E-state index in [4.69, 9.17) is 28.4 Å². The zero-order valence-corrected chi connectivity index (χ0v) is 20.7. The number of rotatable bonds is 10. The third-order valence-electron chi connectivity index (χ3n) is 5.98. The molecule has 1 aliphatic heterocycles. The van der Waals surface area contributed by atoms with Crippen LogP contribution in [0.4, 0.5) is 21.9 Å². The van der Waals surface area contributed by atoms with E-state index in [0.717, 1.165) is 38.0 Å². The topological polar surface area (TPSA) is 84.9 Å². The second kappa shape index (κ2) is 13.4. The Labute approximate surface area is 211 Å². The highest BCUT2D eigenvalue weighted by Gasteiger charge is 2.18. The molecule has 1 heterocycles. The smallest absolute Gasteiger partial charge is 0.326 e. The number of carbonyl (C=O) groups is 2. The minimum absolute atomic E-state index is 0.283. The van der Waals surface area contributed by atoms with Crippen LogP contribution in [-0.2, 0) is 4.79 Å². The molecule has 9 heteroatoms. The van der Waals surface area contributed by atoms with Crippen molar-refractivity contribution in [2.75, 3.05) is 34.8 Å². The lowest BCUT2D eigenvalue weighted by Crippen LogP contribution is -2.36. The number of hydrogen-bond donors (Lipinski definition) is 3. The number of benzene rings is 2. The van der Waals surface area contributed by atoms with E-state index in [1.165, 1.54) is 24.9 Å². The van der Waals surface area contributed by atoms with Crippen LogP contribution in [0.15, 0.2) is 42.5 Å². The summed E-state index contributed by atoms with van der Waals surface area (Å²) in [6.45, 7) is 2.63. The third-order valence-corrected chi connectivity index (χ3v) is 6.80. The van der Waals surface area contributed by atoms with Crippen molar-refractivity contribution in [3.63, 3.8) is 0 Å². The number of unbranched alkanes of at least 4 members (excludes halogenated alkanes) is 3. The van der Waals surface area contributed by atoms with Gasteiger partial charge in [0.1, 0.15) is 0 Å². The molecule has 7 nitrogen and oxygen atoms in total. The summed E-state index contributed by atoms with van der Waals surface area (Å²) >= 11 is 12.4. The van der Waals surface area contributed by atoms with E-state index in [0.29, 0.717) is 28.7 Å². The van der Waals surface area contributed by atoms with Crippen molar-refractivity contribution in [3.05, 3.63) is 52.5 Å². The van der Waals surface area contributed by atoms with Crippen LogP contribution in [0.5, 0.6) is 0 Å². The molecule has 0 aromatic heterocycles. The molecule has 1 saturated heterocycles. The van der Waals surface area contributed by atoms with Gasteiger partial charge in [0.05, 0.1) is 15.7 Å². The maximum atomic E-state index is 13.2. The lowest BCUT2D eigenvalue weighted by Gasteiger charge is -2.29. The number of nitrogens with one attached hydrogen (secondary N) is 2. The summed E-state index contributed by atoms with van der Waals surface area (Å²) in [7, 11) is 0. The fourth-order valence-corrected chi connectivity index (χ4v) is 4.44. The van der Waals surface area contributed by atoms with Crippen LogP contribution in [0, 0.1) is 0 Å². The molecule has 2 aromatic carbocycles. The first-order valence-electron chi connectivity index (χ1n) is 11.8. The molecular weight excluding hydrogens is 475 g/mol. The summed E-state index contributed by atoms with van der Waals surface area (Å²) in [6, 6.07) is 13.0. The Bertz CT molecular complexity index is 950. The molecule has 1 aliphatic rings. The van der Waals surface area contributed by atoms with Crippen molar-refractivity contribution in [2.24, 2.45) is 0 Å². The minimum atomic E-state index is -0.381. The van der Waals surface area contributed by atoms with E-state index in [1.54, 1.807) is 28.6 Å². The first kappa shape index (κ1) is 26.1. The van der Waals surface area contributed by atoms with Crippen molar-refractivity contribution in [3.8, 4) is 0 Å². The molecule has 0 spiro atoms. The van der Waals surface area contributed by atoms with Gasteiger partial charge in [-0.15, -0.1) is 0 Å². The van der Waals surface area contributed by atoms with Gasteiger partial charge in [0.15, 0.2) is 0 Å². The van der Waals surface area contributed by atoms with Crippen molar-refractivity contribution in [1.29, 1.82) is 0 Å². The minimum Gasteiger partial charge on any atom is -0.372 e. The number of piperidine rings is 1. The molecule has 3 rings (SSSR count). The van der Waals surface area contributed by atoms with Crippen LogP contribution in [0.3, 0.4) is 0 Å². The molecule has 184 valence electrons. The molecule has 2 aromatic rings. The Kier molecular flexibility index (Phi) is 10.3. The molecule has 34 heavy (non-hydrogen) atoms. The van der Waals surface area contributed by atoms with Gasteiger partial charge < -0.3 is 10.2 Å². The van der Waals surface area contributed by atoms with E-state index < -0.39 is 0 Å². The van der Waals surface area contributed by atoms with Gasteiger partial charge in [-0.25, -0.2) is 10.3 Å². The van der Waals surface area contributed by atoms with Crippen LogP contribution in [0.1, 0.15) is 51.4 Å². The monoisotopic (exact) mass is 506 g/mol. The Hall–Kier alpha value is -2.48. The van der Waals surface area contributed by atoms with Crippen LogP contribution >= 0.6 is 23.2 Å². The van der Waals surface area contributed by atoms with Crippen LogP contribution in [-0.4, -0.2) is 36.8 Å². The zero-order valence-electron chi connectivity index (χ0n) is 19.2. The Balaban J connectivity index is 1.67. The van der Waals surface area contributed by atoms with Gasteiger partial charge in [-0.3, -0.25) is 14.9 Å². The number of amides is 3. The van der Waals surface area contributed by atoms with E-state index >= 15 is 0 Å². The highest BCUT2D eigenvalue weighted by atomic mass is 35.5. The number of hydroxylamine groups is 1. The SMILES string of the molecule is O=C(CCCCCCN(C(=O)Nc1cccc(Cl)c1Cl)c1ccc(N2CCCCC2)cc1)NO. The van der Waals surface area contributed by atoms with Crippen molar-refractivity contribution >= 4 is 52.2 Å². The molecule has 0 unspecified atom stereocenters. The lowest BCUT2D eigenvalue weighted by atomic mass is 10.1. The number of halogens is 2. The van der Waals surface area contributed by atoms with E-state index in [2.05, 4.69) is 22.3 Å². The zero-order chi connectivity index (χ0) is 24.3. The first-order chi connectivity index (χ1) is 16.5. The average Bonchev–Trinajstić information content (AvgIpc) is 2.86. The third kappa shape index (κ3) is 7.52. The second-order valence-electron chi connectivity index (χ2n) is 8.45. The summed E-state index contributed by atoms with van der Waals surface area (Å²) in [5.41, 5.74) is 4.08. The number of urea groups is 1.